The van der Waals surface area contributed by atoms with E-state index in [4.69, 9.17) is 0 Å². The molecule has 0 aromatic carbocycles. The molecule has 1 aliphatic rings. The highest BCUT2D eigenvalue weighted by Gasteiger charge is 2.51. The largest absolute Gasteiger partial charge is 0.342 e. The fraction of sp³-hybridized carbons (Fsp3) is 0.875. The molecule has 0 aliphatic carbocycles. The number of hydrogen-bond donors (Lipinski definition) is 1. The number of nitrogens with one attached hydrogen (secondary N) is 1. The average Bonchev–Trinajstić information content (AvgIpc) is 2.37. The second-order valence-electron chi connectivity index (χ2n) is 7.36. The zero-order valence-corrected chi connectivity index (χ0v) is 14.0. The van der Waals surface area contributed by atoms with Crippen LogP contribution in [0.2, 0.25) is 0 Å². The first-order valence-corrected chi connectivity index (χ1v) is 7.70. The molecule has 1 heterocycles. The number of hydrogen-bond acceptors (Lipinski definition) is 2. The quantitative estimate of drug-likeness (QED) is 0.861. The molecule has 1 aliphatic heterocycles. The molecule has 1 N–H and O–H groups in total. The highest BCUT2D eigenvalue weighted by molar-refractivity contribution is 5.99. The first kappa shape index (κ1) is 17.0. The van der Waals surface area contributed by atoms with Crippen molar-refractivity contribution < 1.29 is 9.59 Å². The zero-order chi connectivity index (χ0) is 15.7. The molecule has 0 aromatic heterocycles. The standard InChI is InChI=1S/C16H30N2O2/c1-8-11(3)10-18-13(19)12(15(4,5)6)17-14(20)16(18,7)9-2/h11-12H,8-10H2,1-7H3,(H,17,20). The first-order chi connectivity index (χ1) is 9.07. The molecular formula is C16H30N2O2. The Morgan fingerprint density at radius 3 is 2.25 bits per heavy atom. The first-order valence-electron chi connectivity index (χ1n) is 7.70. The summed E-state index contributed by atoms with van der Waals surface area (Å²) < 4.78 is 0. The van der Waals surface area contributed by atoms with Gasteiger partial charge in [-0.3, -0.25) is 9.59 Å². The van der Waals surface area contributed by atoms with Gasteiger partial charge in [-0.15, -0.1) is 0 Å². The Labute approximate surface area is 123 Å². The maximum atomic E-state index is 12.9. The summed E-state index contributed by atoms with van der Waals surface area (Å²) in [6, 6.07) is -0.432. The Balaban J connectivity index is 3.15. The van der Waals surface area contributed by atoms with Gasteiger partial charge in [0.1, 0.15) is 11.6 Å². The van der Waals surface area contributed by atoms with Crippen LogP contribution < -0.4 is 5.32 Å². The van der Waals surface area contributed by atoms with Crippen LogP contribution in [-0.4, -0.2) is 34.8 Å². The Hall–Kier alpha value is -1.06. The molecule has 0 aromatic rings. The van der Waals surface area contributed by atoms with Crippen molar-refractivity contribution >= 4 is 11.8 Å². The molecule has 116 valence electrons. The highest BCUT2D eigenvalue weighted by Crippen LogP contribution is 2.32. The molecule has 4 nitrogen and oxygen atoms in total. The van der Waals surface area contributed by atoms with E-state index in [1.807, 2.05) is 39.5 Å². The summed E-state index contributed by atoms with van der Waals surface area (Å²) in [5.41, 5.74) is -0.988. The van der Waals surface area contributed by atoms with Crippen LogP contribution in [0.1, 0.15) is 61.3 Å². The number of carbonyl (C=O) groups excluding carboxylic acids is 2. The monoisotopic (exact) mass is 282 g/mol. The molecule has 0 spiro atoms. The molecule has 1 fully saturated rings. The molecule has 0 radical (unpaired) electrons. The fourth-order valence-electron chi connectivity index (χ4n) is 2.54. The van der Waals surface area contributed by atoms with E-state index in [0.717, 1.165) is 6.42 Å². The van der Waals surface area contributed by atoms with Gasteiger partial charge in [-0.25, -0.2) is 0 Å². The predicted octanol–water partition coefficient (Wildman–Crippen LogP) is 2.57. The number of amides is 2. The average molecular weight is 282 g/mol. The van der Waals surface area contributed by atoms with Crippen molar-refractivity contribution in [3.05, 3.63) is 0 Å². The van der Waals surface area contributed by atoms with E-state index in [0.29, 0.717) is 18.9 Å². The molecule has 1 saturated heterocycles. The molecule has 20 heavy (non-hydrogen) atoms. The van der Waals surface area contributed by atoms with Crippen molar-refractivity contribution in [1.29, 1.82) is 0 Å². The van der Waals surface area contributed by atoms with Gasteiger partial charge < -0.3 is 10.2 Å². The minimum Gasteiger partial charge on any atom is -0.342 e. The van der Waals surface area contributed by atoms with Gasteiger partial charge in [0.15, 0.2) is 0 Å². The van der Waals surface area contributed by atoms with Gasteiger partial charge in [-0.1, -0.05) is 48.0 Å². The van der Waals surface area contributed by atoms with E-state index in [2.05, 4.69) is 19.2 Å². The number of piperazine rings is 1. The lowest BCUT2D eigenvalue weighted by Crippen LogP contribution is -2.72. The van der Waals surface area contributed by atoms with Crippen LogP contribution in [0.4, 0.5) is 0 Å². The predicted molar refractivity (Wildman–Crippen MR) is 81.2 cm³/mol. The fourth-order valence-corrected chi connectivity index (χ4v) is 2.54. The van der Waals surface area contributed by atoms with Crippen molar-refractivity contribution in [2.24, 2.45) is 11.3 Å². The molecular weight excluding hydrogens is 252 g/mol. The number of carbonyl (C=O) groups is 2. The smallest absolute Gasteiger partial charge is 0.246 e. The van der Waals surface area contributed by atoms with Crippen molar-refractivity contribution in [2.75, 3.05) is 6.54 Å². The van der Waals surface area contributed by atoms with E-state index in [1.165, 1.54) is 0 Å². The second-order valence-corrected chi connectivity index (χ2v) is 7.36. The Bertz CT molecular complexity index is 386. The third kappa shape index (κ3) is 2.99. The van der Waals surface area contributed by atoms with Crippen LogP contribution >= 0.6 is 0 Å². The van der Waals surface area contributed by atoms with Gasteiger partial charge in [0.05, 0.1) is 0 Å². The molecule has 3 atom stereocenters. The summed E-state index contributed by atoms with van der Waals surface area (Å²) in [4.78, 5) is 27.2. The molecule has 2 amide bonds. The van der Waals surface area contributed by atoms with E-state index in [1.54, 1.807) is 0 Å². The van der Waals surface area contributed by atoms with Crippen molar-refractivity contribution in [3.8, 4) is 0 Å². The maximum absolute atomic E-state index is 12.9. The minimum absolute atomic E-state index is 0.0252. The normalized spacial score (nSPS) is 29.4. The van der Waals surface area contributed by atoms with Crippen LogP contribution in [0, 0.1) is 11.3 Å². The Morgan fingerprint density at radius 2 is 1.85 bits per heavy atom. The highest BCUT2D eigenvalue weighted by atomic mass is 16.2. The molecule has 3 unspecified atom stereocenters. The maximum Gasteiger partial charge on any atom is 0.246 e. The SMILES string of the molecule is CCC(C)CN1C(=O)C(C(C)(C)C)NC(=O)C1(C)CC. The van der Waals surface area contributed by atoms with Gasteiger partial charge in [-0.2, -0.15) is 0 Å². The Kier molecular flexibility index (Phi) is 4.88. The van der Waals surface area contributed by atoms with Crippen molar-refractivity contribution in [2.45, 2.75) is 72.9 Å². The molecule has 0 bridgehead atoms. The van der Waals surface area contributed by atoms with E-state index >= 15 is 0 Å². The third-order valence-corrected chi connectivity index (χ3v) is 4.62. The Morgan fingerprint density at radius 1 is 1.30 bits per heavy atom. The van der Waals surface area contributed by atoms with Gasteiger partial charge >= 0.3 is 0 Å². The van der Waals surface area contributed by atoms with Crippen molar-refractivity contribution in [3.63, 3.8) is 0 Å². The lowest BCUT2D eigenvalue weighted by molar-refractivity contribution is -0.160. The lowest BCUT2D eigenvalue weighted by atomic mass is 9.80. The van der Waals surface area contributed by atoms with Gasteiger partial charge in [0.25, 0.3) is 0 Å². The van der Waals surface area contributed by atoms with E-state index < -0.39 is 11.6 Å². The molecule has 1 rings (SSSR count). The number of nitrogens with zero attached hydrogens (tertiary/aromatic N) is 1. The summed E-state index contributed by atoms with van der Waals surface area (Å²) >= 11 is 0. The van der Waals surface area contributed by atoms with Crippen LogP contribution in [0.15, 0.2) is 0 Å². The van der Waals surface area contributed by atoms with Crippen LogP contribution in [0.3, 0.4) is 0 Å². The van der Waals surface area contributed by atoms with E-state index in [-0.39, 0.29) is 17.2 Å². The van der Waals surface area contributed by atoms with Gasteiger partial charge in [0.2, 0.25) is 11.8 Å². The van der Waals surface area contributed by atoms with Gasteiger partial charge in [0, 0.05) is 6.54 Å². The summed E-state index contributed by atoms with van der Waals surface area (Å²) in [6.45, 7) is 14.7. The molecule has 4 heteroatoms. The summed E-state index contributed by atoms with van der Waals surface area (Å²) in [5.74, 6) is 0.431. The summed E-state index contributed by atoms with van der Waals surface area (Å²) in [6.07, 6.45) is 1.64. The van der Waals surface area contributed by atoms with E-state index in [9.17, 15) is 9.59 Å². The molecule has 0 saturated carbocycles. The van der Waals surface area contributed by atoms with Crippen molar-refractivity contribution in [1.82, 2.24) is 10.2 Å². The number of rotatable bonds is 4. The lowest BCUT2D eigenvalue weighted by Gasteiger charge is -2.49. The summed E-state index contributed by atoms with van der Waals surface area (Å²) in [5, 5.41) is 2.94. The minimum atomic E-state index is -0.720. The zero-order valence-electron chi connectivity index (χ0n) is 14.0. The topological polar surface area (TPSA) is 49.4 Å². The van der Waals surface area contributed by atoms with Gasteiger partial charge in [-0.05, 0) is 24.7 Å². The van der Waals surface area contributed by atoms with Crippen LogP contribution in [-0.2, 0) is 9.59 Å². The van der Waals surface area contributed by atoms with Crippen LogP contribution in [0.5, 0.6) is 0 Å². The van der Waals surface area contributed by atoms with Crippen LogP contribution in [0.25, 0.3) is 0 Å². The summed E-state index contributed by atoms with van der Waals surface area (Å²) in [7, 11) is 0. The third-order valence-electron chi connectivity index (χ3n) is 4.62. The second kappa shape index (κ2) is 5.74.